The summed E-state index contributed by atoms with van der Waals surface area (Å²) in [5, 5.41) is 2.36. The number of amides is 2. The molecule has 1 aliphatic carbocycles. The van der Waals surface area contributed by atoms with Gasteiger partial charge >= 0.3 is 12.4 Å². The number of para-hydroxylation sites is 1. The molecule has 2 aromatic rings. The molecule has 2 aromatic carbocycles. The van der Waals surface area contributed by atoms with Crippen LogP contribution in [0.3, 0.4) is 0 Å². The molecule has 5 nitrogen and oxygen atoms in total. The molecule has 2 aliphatic rings. The number of nitrogens with zero attached hydrogens (tertiary/aromatic N) is 2. The number of nitrogens with one attached hydrogen (secondary N) is 1. The van der Waals surface area contributed by atoms with Crippen molar-refractivity contribution in [2.45, 2.75) is 37.8 Å². The monoisotopic (exact) mass is 483 g/mol. The van der Waals surface area contributed by atoms with E-state index in [1.807, 2.05) is 0 Å². The number of halogens is 6. The molecule has 0 aromatic heterocycles. The predicted octanol–water partition coefficient (Wildman–Crippen LogP) is 4.50. The molecule has 1 aliphatic heterocycles. The molecule has 1 unspecified atom stereocenters. The lowest BCUT2D eigenvalue weighted by atomic mass is 10.0. The first-order chi connectivity index (χ1) is 15.9. The number of hydrogen-bond donors (Lipinski definition) is 1. The molecule has 4 rings (SSSR count). The van der Waals surface area contributed by atoms with Crippen molar-refractivity contribution < 1.29 is 35.9 Å². The van der Waals surface area contributed by atoms with Gasteiger partial charge in [-0.25, -0.2) is 0 Å². The van der Waals surface area contributed by atoms with E-state index in [-0.39, 0.29) is 23.6 Å². The molecule has 0 bridgehead atoms. The van der Waals surface area contributed by atoms with Crippen molar-refractivity contribution in [3.63, 3.8) is 0 Å². The Labute approximate surface area is 190 Å². The highest BCUT2D eigenvalue weighted by molar-refractivity contribution is 6.14. The van der Waals surface area contributed by atoms with Crippen molar-refractivity contribution in [2.24, 2.45) is 10.9 Å². The Kier molecular flexibility index (Phi) is 6.13. The molecule has 1 atom stereocenters. The maximum Gasteiger partial charge on any atom is 0.416 e. The molecule has 34 heavy (non-hydrogen) atoms. The van der Waals surface area contributed by atoms with E-state index in [1.54, 1.807) is 12.1 Å². The summed E-state index contributed by atoms with van der Waals surface area (Å²) in [6, 6.07) is 10.1. The summed E-state index contributed by atoms with van der Waals surface area (Å²) in [5.74, 6) is -1.83. The van der Waals surface area contributed by atoms with Crippen LogP contribution in [0.4, 0.5) is 32.0 Å². The Morgan fingerprint density at radius 2 is 1.65 bits per heavy atom. The molecule has 0 spiro atoms. The number of benzene rings is 2. The van der Waals surface area contributed by atoms with Gasteiger partial charge in [-0.05, 0) is 36.6 Å². The summed E-state index contributed by atoms with van der Waals surface area (Å²) in [6.45, 7) is -1.55. The van der Waals surface area contributed by atoms with Crippen LogP contribution in [-0.2, 0) is 22.2 Å². The van der Waals surface area contributed by atoms with Crippen LogP contribution in [0.5, 0.6) is 0 Å². The zero-order valence-electron chi connectivity index (χ0n) is 17.6. The fourth-order valence-corrected chi connectivity index (χ4v) is 3.77. The molecule has 0 saturated heterocycles. The first-order valence-corrected chi connectivity index (χ1v) is 10.4. The lowest BCUT2D eigenvalue weighted by Crippen LogP contribution is -2.50. The van der Waals surface area contributed by atoms with E-state index in [9.17, 15) is 35.9 Å². The minimum absolute atomic E-state index is 0.0332. The number of fused-ring (bicyclic) bond motifs is 1. The van der Waals surface area contributed by atoms with E-state index in [2.05, 4.69) is 10.3 Å². The van der Waals surface area contributed by atoms with Crippen LogP contribution in [-0.4, -0.2) is 36.4 Å². The second-order valence-electron chi connectivity index (χ2n) is 8.19. The number of benzodiazepines with no additional fused rings is 1. The topological polar surface area (TPSA) is 61.8 Å². The van der Waals surface area contributed by atoms with Gasteiger partial charge < -0.3 is 5.32 Å². The SMILES string of the molecule is O=C(Cc1ccc(C(F)(F)F)cc1)NC1N=C(C2CC2)c2ccccc2N(CC(F)(F)F)C1=O. The molecule has 1 heterocycles. The summed E-state index contributed by atoms with van der Waals surface area (Å²) < 4.78 is 78.1. The summed E-state index contributed by atoms with van der Waals surface area (Å²) in [5.41, 5.74) is 0.286. The minimum atomic E-state index is -4.69. The maximum absolute atomic E-state index is 13.3. The van der Waals surface area contributed by atoms with E-state index < -0.39 is 42.4 Å². The number of carbonyl (C=O) groups excluding carboxylic acids is 2. The predicted molar refractivity (Wildman–Crippen MR) is 111 cm³/mol. The van der Waals surface area contributed by atoms with Crippen LogP contribution < -0.4 is 10.2 Å². The summed E-state index contributed by atoms with van der Waals surface area (Å²) in [7, 11) is 0. The van der Waals surface area contributed by atoms with E-state index in [1.165, 1.54) is 12.1 Å². The van der Waals surface area contributed by atoms with Crippen LogP contribution >= 0.6 is 0 Å². The smallest absolute Gasteiger partial charge is 0.326 e. The maximum atomic E-state index is 13.3. The zero-order valence-corrected chi connectivity index (χ0v) is 17.6. The van der Waals surface area contributed by atoms with Gasteiger partial charge in [0.15, 0.2) is 0 Å². The summed E-state index contributed by atoms with van der Waals surface area (Å²) in [6.07, 6.45) is -9.67. The van der Waals surface area contributed by atoms with Crippen LogP contribution in [0.2, 0.25) is 0 Å². The van der Waals surface area contributed by atoms with Gasteiger partial charge in [0, 0.05) is 11.5 Å². The van der Waals surface area contributed by atoms with Gasteiger partial charge in [0.05, 0.1) is 23.4 Å². The highest BCUT2D eigenvalue weighted by atomic mass is 19.4. The molecule has 1 saturated carbocycles. The number of carbonyl (C=O) groups is 2. The van der Waals surface area contributed by atoms with Crippen molar-refractivity contribution in [2.75, 3.05) is 11.4 Å². The van der Waals surface area contributed by atoms with Gasteiger partial charge in [-0.1, -0.05) is 30.3 Å². The first kappa shape index (κ1) is 23.8. The van der Waals surface area contributed by atoms with E-state index >= 15 is 0 Å². The highest BCUT2D eigenvalue weighted by Gasteiger charge is 2.42. The third-order valence-electron chi connectivity index (χ3n) is 5.48. The molecule has 2 amide bonds. The van der Waals surface area contributed by atoms with Gasteiger partial charge in [0.25, 0.3) is 5.91 Å². The highest BCUT2D eigenvalue weighted by Crippen LogP contribution is 2.38. The van der Waals surface area contributed by atoms with Gasteiger partial charge in [0.1, 0.15) is 6.54 Å². The fraction of sp³-hybridized carbons (Fsp3) is 0.348. The van der Waals surface area contributed by atoms with Gasteiger partial charge in [-0.3, -0.25) is 19.5 Å². The van der Waals surface area contributed by atoms with Crippen molar-refractivity contribution in [3.05, 3.63) is 65.2 Å². The average Bonchev–Trinajstić information content (AvgIpc) is 3.59. The van der Waals surface area contributed by atoms with Crippen molar-refractivity contribution in [1.82, 2.24) is 5.32 Å². The number of alkyl halides is 6. The Balaban J connectivity index is 1.60. The second-order valence-corrected chi connectivity index (χ2v) is 8.19. The van der Waals surface area contributed by atoms with Crippen LogP contribution in [0, 0.1) is 5.92 Å². The van der Waals surface area contributed by atoms with Crippen molar-refractivity contribution in [1.29, 1.82) is 0 Å². The molecule has 11 heteroatoms. The van der Waals surface area contributed by atoms with E-state index in [0.29, 0.717) is 16.2 Å². The fourth-order valence-electron chi connectivity index (χ4n) is 3.77. The second kappa shape index (κ2) is 8.77. The van der Waals surface area contributed by atoms with Gasteiger partial charge in [-0.15, -0.1) is 0 Å². The molecular weight excluding hydrogens is 464 g/mol. The molecule has 1 N–H and O–H groups in total. The average molecular weight is 483 g/mol. The van der Waals surface area contributed by atoms with Gasteiger partial charge in [0.2, 0.25) is 12.1 Å². The Bertz CT molecular complexity index is 1120. The summed E-state index contributed by atoms with van der Waals surface area (Å²) in [4.78, 5) is 30.6. The zero-order chi connectivity index (χ0) is 24.7. The molecular formula is C23H19F6N3O2. The Morgan fingerprint density at radius 3 is 2.24 bits per heavy atom. The Morgan fingerprint density at radius 1 is 1.00 bits per heavy atom. The molecule has 0 radical (unpaired) electrons. The molecule has 1 fully saturated rings. The lowest BCUT2D eigenvalue weighted by Gasteiger charge is -2.26. The minimum Gasteiger partial charge on any atom is -0.326 e. The quantitative estimate of drug-likeness (QED) is 0.637. The third-order valence-corrected chi connectivity index (χ3v) is 5.48. The summed E-state index contributed by atoms with van der Waals surface area (Å²) >= 11 is 0. The van der Waals surface area contributed by atoms with Gasteiger partial charge in [-0.2, -0.15) is 26.3 Å². The van der Waals surface area contributed by atoms with Crippen LogP contribution in [0.25, 0.3) is 0 Å². The number of anilines is 1. The standard InChI is InChI=1S/C23H19F6N3O2/c24-22(25,26)12-32-17-4-2-1-3-16(17)19(14-7-8-14)31-20(21(32)34)30-18(33)11-13-5-9-15(10-6-13)23(27,28)29/h1-6,9-10,14,20H,7-8,11-12H2,(H,30,33). The van der Waals surface area contributed by atoms with Crippen molar-refractivity contribution in [3.8, 4) is 0 Å². The number of aliphatic imine (C=N–C) groups is 1. The number of hydrogen-bond acceptors (Lipinski definition) is 3. The largest absolute Gasteiger partial charge is 0.416 e. The van der Waals surface area contributed by atoms with Crippen LogP contribution in [0.1, 0.15) is 29.5 Å². The Hall–Kier alpha value is -3.37. The first-order valence-electron chi connectivity index (χ1n) is 10.4. The molecule has 180 valence electrons. The normalized spacial score (nSPS) is 18.8. The van der Waals surface area contributed by atoms with Crippen molar-refractivity contribution >= 4 is 23.2 Å². The van der Waals surface area contributed by atoms with Crippen LogP contribution in [0.15, 0.2) is 53.5 Å². The lowest BCUT2D eigenvalue weighted by molar-refractivity contribution is -0.137. The third kappa shape index (κ3) is 5.40. The number of rotatable bonds is 5. The van der Waals surface area contributed by atoms with E-state index in [4.69, 9.17) is 0 Å². The van der Waals surface area contributed by atoms with E-state index in [0.717, 1.165) is 37.1 Å².